The summed E-state index contributed by atoms with van der Waals surface area (Å²) in [4.78, 5) is 0. The zero-order chi connectivity index (χ0) is 9.68. The molecule has 0 bridgehead atoms. The highest BCUT2D eigenvalue weighted by Crippen LogP contribution is 2.20. The van der Waals surface area contributed by atoms with E-state index in [2.05, 4.69) is 11.4 Å². The van der Waals surface area contributed by atoms with E-state index in [1.165, 1.54) is 5.57 Å². The summed E-state index contributed by atoms with van der Waals surface area (Å²) in [5, 5.41) is 3.07. The van der Waals surface area contributed by atoms with Crippen molar-refractivity contribution in [3.8, 4) is 0 Å². The van der Waals surface area contributed by atoms with Gasteiger partial charge in [0, 0.05) is 19.3 Å². The van der Waals surface area contributed by atoms with Gasteiger partial charge in [0.15, 0.2) is 0 Å². The van der Waals surface area contributed by atoms with Crippen molar-refractivity contribution < 1.29 is 4.74 Å². The zero-order valence-electron chi connectivity index (χ0n) is 8.39. The van der Waals surface area contributed by atoms with E-state index in [1.54, 1.807) is 0 Å². The van der Waals surface area contributed by atoms with Gasteiger partial charge in [0.2, 0.25) is 0 Å². The van der Waals surface area contributed by atoms with Gasteiger partial charge in [-0.25, -0.2) is 0 Å². The Morgan fingerprint density at radius 1 is 1.69 bits per heavy atom. The Bertz CT molecular complexity index is 225. The van der Waals surface area contributed by atoms with Gasteiger partial charge in [-0.15, -0.1) is 0 Å². The van der Waals surface area contributed by atoms with Gasteiger partial charge in [0.1, 0.15) is 0 Å². The Balaban J connectivity index is 2.74. The van der Waals surface area contributed by atoms with E-state index in [1.807, 2.05) is 14.0 Å². The van der Waals surface area contributed by atoms with E-state index in [4.69, 9.17) is 10.5 Å². The molecule has 0 unspecified atom stereocenters. The number of ether oxygens (including phenoxy) is 1. The summed E-state index contributed by atoms with van der Waals surface area (Å²) in [5.74, 6) is 1.03. The lowest BCUT2D eigenvalue weighted by Gasteiger charge is -2.17. The lowest BCUT2D eigenvalue weighted by molar-refractivity contribution is 0.191. The van der Waals surface area contributed by atoms with Crippen LogP contribution in [0.5, 0.6) is 0 Å². The van der Waals surface area contributed by atoms with Gasteiger partial charge in [0.05, 0.1) is 12.4 Å². The molecule has 0 saturated carbocycles. The summed E-state index contributed by atoms with van der Waals surface area (Å²) < 4.78 is 5.45. The van der Waals surface area contributed by atoms with Crippen molar-refractivity contribution in [1.82, 2.24) is 5.32 Å². The van der Waals surface area contributed by atoms with Crippen LogP contribution in [0.15, 0.2) is 23.1 Å². The minimum absolute atomic E-state index is 0.549. The fourth-order valence-electron chi connectivity index (χ4n) is 1.37. The Morgan fingerprint density at radius 2 is 2.46 bits per heavy atom. The third kappa shape index (κ3) is 2.77. The molecule has 0 spiro atoms. The van der Waals surface area contributed by atoms with Crippen LogP contribution in [0.3, 0.4) is 0 Å². The normalized spacial score (nSPS) is 18.5. The second kappa shape index (κ2) is 4.92. The van der Waals surface area contributed by atoms with Crippen LogP contribution in [0.2, 0.25) is 0 Å². The number of hydrogen-bond donors (Lipinski definition) is 2. The number of rotatable bonds is 3. The number of nitrogens with one attached hydrogen (secondary N) is 1. The Hall–Kier alpha value is -0.960. The maximum atomic E-state index is 5.55. The third-order valence-corrected chi connectivity index (χ3v) is 2.25. The zero-order valence-corrected chi connectivity index (χ0v) is 8.39. The number of likely N-dealkylation sites (N-methyl/N-ethyl adjacent to an activating group) is 1. The molecule has 0 aliphatic carbocycles. The van der Waals surface area contributed by atoms with Gasteiger partial charge in [-0.1, -0.05) is 0 Å². The molecule has 3 N–H and O–H groups in total. The van der Waals surface area contributed by atoms with Crippen molar-refractivity contribution in [2.45, 2.75) is 19.8 Å². The molecule has 0 radical (unpaired) electrons. The largest absolute Gasteiger partial charge is 0.498 e. The minimum Gasteiger partial charge on any atom is -0.498 e. The molecule has 74 valence electrons. The fourth-order valence-corrected chi connectivity index (χ4v) is 1.37. The smallest absolute Gasteiger partial charge is 0.0961 e. The lowest BCUT2D eigenvalue weighted by atomic mass is 10.1. The van der Waals surface area contributed by atoms with E-state index in [0.29, 0.717) is 6.54 Å². The van der Waals surface area contributed by atoms with Gasteiger partial charge < -0.3 is 15.8 Å². The lowest BCUT2D eigenvalue weighted by Crippen LogP contribution is -2.16. The fraction of sp³-hybridized carbons (Fsp3) is 0.600. The van der Waals surface area contributed by atoms with Gasteiger partial charge >= 0.3 is 0 Å². The first kappa shape index (κ1) is 10.1. The van der Waals surface area contributed by atoms with E-state index < -0.39 is 0 Å². The predicted molar refractivity (Wildman–Crippen MR) is 54.1 cm³/mol. The summed E-state index contributed by atoms with van der Waals surface area (Å²) >= 11 is 0. The minimum atomic E-state index is 0.549. The Kier molecular flexibility index (Phi) is 3.83. The van der Waals surface area contributed by atoms with Crippen LogP contribution in [-0.2, 0) is 4.74 Å². The molecule has 1 heterocycles. The van der Waals surface area contributed by atoms with Crippen molar-refractivity contribution in [2.24, 2.45) is 5.73 Å². The molecule has 1 aliphatic heterocycles. The van der Waals surface area contributed by atoms with Crippen LogP contribution in [0.4, 0.5) is 0 Å². The summed E-state index contributed by atoms with van der Waals surface area (Å²) in [6.45, 7) is 3.41. The van der Waals surface area contributed by atoms with Crippen LogP contribution >= 0.6 is 0 Å². The van der Waals surface area contributed by atoms with Gasteiger partial charge in [-0.2, -0.15) is 0 Å². The molecule has 0 saturated heterocycles. The topological polar surface area (TPSA) is 47.3 Å². The Labute approximate surface area is 79.6 Å². The Morgan fingerprint density at radius 3 is 3.00 bits per heavy atom. The highest BCUT2D eigenvalue weighted by atomic mass is 16.5. The molecule has 0 fully saturated rings. The second-order valence-electron chi connectivity index (χ2n) is 3.16. The van der Waals surface area contributed by atoms with E-state index >= 15 is 0 Å². The van der Waals surface area contributed by atoms with Crippen LogP contribution in [0.1, 0.15) is 19.8 Å². The van der Waals surface area contributed by atoms with Crippen LogP contribution < -0.4 is 11.1 Å². The average molecular weight is 182 g/mol. The molecule has 3 heteroatoms. The van der Waals surface area contributed by atoms with Crippen molar-refractivity contribution in [1.29, 1.82) is 0 Å². The van der Waals surface area contributed by atoms with Gasteiger partial charge in [-0.05, 0) is 31.4 Å². The van der Waals surface area contributed by atoms with Crippen molar-refractivity contribution in [3.63, 3.8) is 0 Å². The van der Waals surface area contributed by atoms with Crippen LogP contribution in [0.25, 0.3) is 0 Å². The number of hydrogen-bond acceptors (Lipinski definition) is 3. The maximum absolute atomic E-state index is 5.55. The monoisotopic (exact) mass is 182 g/mol. The van der Waals surface area contributed by atoms with E-state index in [-0.39, 0.29) is 0 Å². The highest BCUT2D eigenvalue weighted by Gasteiger charge is 2.08. The van der Waals surface area contributed by atoms with Crippen molar-refractivity contribution >= 4 is 0 Å². The molecule has 1 rings (SSSR count). The maximum Gasteiger partial charge on any atom is 0.0961 e. The van der Waals surface area contributed by atoms with Gasteiger partial charge in [-0.3, -0.25) is 0 Å². The number of nitrogens with two attached hydrogens (primary N) is 1. The van der Waals surface area contributed by atoms with E-state index in [0.717, 1.165) is 30.9 Å². The van der Waals surface area contributed by atoms with Gasteiger partial charge in [0.25, 0.3) is 0 Å². The molecular weight excluding hydrogens is 164 g/mol. The van der Waals surface area contributed by atoms with E-state index in [9.17, 15) is 0 Å². The van der Waals surface area contributed by atoms with Crippen LogP contribution in [-0.4, -0.2) is 20.2 Å². The summed E-state index contributed by atoms with van der Waals surface area (Å²) in [7, 11) is 1.89. The number of allylic oxidation sites excluding steroid dienone is 3. The predicted octanol–water partition coefficient (Wildman–Crippen LogP) is 1.13. The van der Waals surface area contributed by atoms with Crippen molar-refractivity contribution in [3.05, 3.63) is 23.1 Å². The third-order valence-electron chi connectivity index (χ3n) is 2.25. The standard InChI is InChI=1S/C10H18N2O/c1-8-9(4-3-5-13-8)6-10(7-11)12-2/h6,12H,3-5,7,11H2,1-2H3/b10-6-. The molecule has 3 nitrogen and oxygen atoms in total. The molecule has 0 atom stereocenters. The molecule has 0 aromatic carbocycles. The molecule has 0 aromatic rings. The summed E-state index contributed by atoms with van der Waals surface area (Å²) in [6.07, 6.45) is 4.29. The first-order chi connectivity index (χ1) is 6.27. The first-order valence-corrected chi connectivity index (χ1v) is 4.69. The summed E-state index contributed by atoms with van der Waals surface area (Å²) in [6, 6.07) is 0. The first-order valence-electron chi connectivity index (χ1n) is 4.69. The SMILES string of the molecule is CN/C(=C\C1=C(C)OCCC1)CN. The molecule has 1 aliphatic rings. The highest BCUT2D eigenvalue weighted by molar-refractivity contribution is 5.26. The average Bonchev–Trinajstić information content (AvgIpc) is 2.17. The molecule has 0 amide bonds. The molecular formula is C10H18N2O. The second-order valence-corrected chi connectivity index (χ2v) is 3.16. The molecule has 13 heavy (non-hydrogen) atoms. The molecule has 0 aromatic heterocycles. The van der Waals surface area contributed by atoms with Crippen LogP contribution in [0, 0.1) is 0 Å². The quantitative estimate of drug-likeness (QED) is 0.688. The summed E-state index contributed by atoms with van der Waals surface area (Å²) in [5.41, 5.74) is 7.87. The van der Waals surface area contributed by atoms with Crippen molar-refractivity contribution in [2.75, 3.05) is 20.2 Å².